The third-order valence-electron chi connectivity index (χ3n) is 3.45. The van der Waals surface area contributed by atoms with Crippen LogP contribution in [-0.2, 0) is 18.0 Å². The lowest BCUT2D eigenvalue weighted by atomic mass is 10.1. The molecule has 0 unspecified atom stereocenters. The highest BCUT2D eigenvalue weighted by atomic mass is 19.1. The molecule has 0 atom stereocenters. The number of rotatable bonds is 3. The van der Waals surface area contributed by atoms with Crippen LogP contribution in [0.25, 0.3) is 0 Å². The van der Waals surface area contributed by atoms with Gasteiger partial charge >= 0.3 is 0 Å². The summed E-state index contributed by atoms with van der Waals surface area (Å²) in [5.74, 6) is -0.151. The predicted octanol–water partition coefficient (Wildman–Crippen LogP) is 3.32. The molecule has 1 aromatic carbocycles. The molecule has 6 heteroatoms. The first kappa shape index (κ1) is 15.3. The van der Waals surface area contributed by atoms with Crippen molar-refractivity contribution in [3.05, 3.63) is 53.1 Å². The Bertz CT molecular complexity index is 767. The Morgan fingerprint density at radius 2 is 2.09 bits per heavy atom. The van der Waals surface area contributed by atoms with Gasteiger partial charge in [-0.15, -0.1) is 0 Å². The molecule has 0 spiro atoms. The number of nitriles is 1. The van der Waals surface area contributed by atoms with Gasteiger partial charge in [0.2, 0.25) is 5.79 Å². The number of hydrogen-bond acceptors (Lipinski definition) is 5. The van der Waals surface area contributed by atoms with Gasteiger partial charge in [-0.05, 0) is 24.3 Å². The normalized spacial score (nSPS) is 15.2. The molecular weight excluding hydrogens is 299 g/mol. The topological polar surface area (TPSA) is 64.4 Å². The van der Waals surface area contributed by atoms with Crippen molar-refractivity contribution >= 4 is 0 Å². The summed E-state index contributed by atoms with van der Waals surface area (Å²) in [7, 11) is 0. The Labute approximate surface area is 133 Å². The zero-order chi connectivity index (χ0) is 16.4. The molecule has 3 rings (SSSR count). The summed E-state index contributed by atoms with van der Waals surface area (Å²) in [6, 6.07) is 7.79. The highest BCUT2D eigenvalue weighted by Crippen LogP contribution is 2.35. The SMILES string of the molecule is CC1(C)OCc2c(COc3ccc(F)cc3)cnc(C#N)c2O1. The quantitative estimate of drug-likeness (QED) is 0.869. The summed E-state index contributed by atoms with van der Waals surface area (Å²) in [5, 5.41) is 9.19. The smallest absolute Gasteiger partial charge is 0.205 e. The number of halogens is 1. The monoisotopic (exact) mass is 314 g/mol. The summed E-state index contributed by atoms with van der Waals surface area (Å²) in [4.78, 5) is 4.12. The van der Waals surface area contributed by atoms with Crippen LogP contribution in [0.3, 0.4) is 0 Å². The fourth-order valence-electron chi connectivity index (χ4n) is 2.25. The fourth-order valence-corrected chi connectivity index (χ4v) is 2.25. The Hall–Kier alpha value is -2.65. The largest absolute Gasteiger partial charge is 0.489 e. The molecule has 0 saturated heterocycles. The number of hydrogen-bond donors (Lipinski definition) is 0. The maximum absolute atomic E-state index is 12.9. The summed E-state index contributed by atoms with van der Waals surface area (Å²) >= 11 is 0. The van der Waals surface area contributed by atoms with E-state index in [1.54, 1.807) is 32.2 Å². The van der Waals surface area contributed by atoms with Gasteiger partial charge in [0, 0.05) is 31.2 Å². The molecule has 0 aliphatic carbocycles. The second-order valence-corrected chi connectivity index (χ2v) is 5.58. The minimum absolute atomic E-state index is 0.222. The van der Waals surface area contributed by atoms with Crippen LogP contribution >= 0.6 is 0 Å². The molecule has 0 amide bonds. The molecule has 0 saturated carbocycles. The van der Waals surface area contributed by atoms with Crippen LogP contribution in [0.1, 0.15) is 30.7 Å². The van der Waals surface area contributed by atoms with Gasteiger partial charge in [-0.3, -0.25) is 0 Å². The zero-order valence-electron chi connectivity index (χ0n) is 12.8. The third-order valence-corrected chi connectivity index (χ3v) is 3.45. The van der Waals surface area contributed by atoms with E-state index in [1.165, 1.54) is 12.1 Å². The van der Waals surface area contributed by atoms with Gasteiger partial charge in [-0.1, -0.05) is 0 Å². The van der Waals surface area contributed by atoms with Crippen LogP contribution in [0.4, 0.5) is 4.39 Å². The van der Waals surface area contributed by atoms with Gasteiger partial charge in [-0.25, -0.2) is 9.37 Å². The standard InChI is InChI=1S/C17H15FN2O3/c1-17(2)22-10-14-11(8-20-15(7-19)16(14)23-17)9-21-13-5-3-12(18)4-6-13/h3-6,8H,9-10H2,1-2H3. The summed E-state index contributed by atoms with van der Waals surface area (Å²) < 4.78 is 29.9. The zero-order valence-corrected chi connectivity index (χ0v) is 12.8. The first-order valence-electron chi connectivity index (χ1n) is 7.11. The molecule has 0 bridgehead atoms. The van der Waals surface area contributed by atoms with E-state index in [0.29, 0.717) is 18.1 Å². The molecule has 0 radical (unpaired) electrons. The van der Waals surface area contributed by atoms with Crippen molar-refractivity contribution in [2.24, 2.45) is 0 Å². The lowest BCUT2D eigenvalue weighted by Gasteiger charge is -2.33. The van der Waals surface area contributed by atoms with Gasteiger partial charge in [0.15, 0.2) is 11.4 Å². The van der Waals surface area contributed by atoms with Crippen LogP contribution < -0.4 is 9.47 Å². The van der Waals surface area contributed by atoms with Crippen molar-refractivity contribution in [2.45, 2.75) is 32.8 Å². The highest BCUT2D eigenvalue weighted by Gasteiger charge is 2.31. The van der Waals surface area contributed by atoms with E-state index in [1.807, 2.05) is 6.07 Å². The van der Waals surface area contributed by atoms with Crippen LogP contribution in [0, 0.1) is 17.1 Å². The minimum Gasteiger partial charge on any atom is -0.489 e. The van der Waals surface area contributed by atoms with E-state index in [9.17, 15) is 9.65 Å². The van der Waals surface area contributed by atoms with Gasteiger partial charge in [0.25, 0.3) is 0 Å². The number of pyridine rings is 1. The van der Waals surface area contributed by atoms with Gasteiger partial charge in [0.1, 0.15) is 24.2 Å². The molecule has 2 heterocycles. The van der Waals surface area contributed by atoms with E-state index in [-0.39, 0.29) is 18.1 Å². The van der Waals surface area contributed by atoms with Gasteiger partial charge in [-0.2, -0.15) is 5.26 Å². The fraction of sp³-hybridized carbons (Fsp3) is 0.294. The average molecular weight is 314 g/mol. The van der Waals surface area contributed by atoms with E-state index < -0.39 is 5.79 Å². The molecule has 1 aliphatic rings. The summed E-state index contributed by atoms with van der Waals surface area (Å²) in [5.41, 5.74) is 1.73. The van der Waals surface area contributed by atoms with Crippen LogP contribution in [0.15, 0.2) is 30.5 Å². The lowest BCUT2D eigenvalue weighted by molar-refractivity contribution is -0.180. The molecule has 5 nitrogen and oxygen atoms in total. The third kappa shape index (κ3) is 3.25. The Balaban J connectivity index is 1.86. The van der Waals surface area contributed by atoms with Crippen molar-refractivity contribution in [3.8, 4) is 17.6 Å². The average Bonchev–Trinajstić information content (AvgIpc) is 2.53. The molecule has 2 aromatic rings. The Morgan fingerprint density at radius 1 is 1.35 bits per heavy atom. The summed E-state index contributed by atoms with van der Waals surface area (Å²) in [6.45, 7) is 4.08. The van der Waals surface area contributed by atoms with Gasteiger partial charge < -0.3 is 14.2 Å². The first-order valence-corrected chi connectivity index (χ1v) is 7.11. The van der Waals surface area contributed by atoms with Crippen molar-refractivity contribution in [3.63, 3.8) is 0 Å². The van der Waals surface area contributed by atoms with Crippen molar-refractivity contribution in [2.75, 3.05) is 0 Å². The molecule has 23 heavy (non-hydrogen) atoms. The van der Waals surface area contributed by atoms with E-state index in [4.69, 9.17) is 14.2 Å². The van der Waals surface area contributed by atoms with Crippen LogP contribution in [0.2, 0.25) is 0 Å². The van der Waals surface area contributed by atoms with E-state index >= 15 is 0 Å². The molecular formula is C17H15FN2O3. The number of aromatic nitrogens is 1. The van der Waals surface area contributed by atoms with E-state index in [0.717, 1.165) is 11.1 Å². The second kappa shape index (κ2) is 5.86. The highest BCUT2D eigenvalue weighted by molar-refractivity contribution is 5.48. The number of nitrogens with zero attached hydrogens (tertiary/aromatic N) is 2. The Morgan fingerprint density at radius 3 is 2.78 bits per heavy atom. The minimum atomic E-state index is -0.809. The molecule has 0 N–H and O–H groups in total. The summed E-state index contributed by atoms with van der Waals surface area (Å²) in [6.07, 6.45) is 1.58. The van der Waals surface area contributed by atoms with Gasteiger partial charge in [0.05, 0.1) is 6.61 Å². The molecule has 1 aromatic heterocycles. The van der Waals surface area contributed by atoms with Crippen molar-refractivity contribution in [1.29, 1.82) is 5.26 Å². The predicted molar refractivity (Wildman–Crippen MR) is 79.2 cm³/mol. The van der Waals surface area contributed by atoms with E-state index in [2.05, 4.69) is 4.98 Å². The van der Waals surface area contributed by atoms with Crippen molar-refractivity contribution in [1.82, 2.24) is 4.98 Å². The molecule has 0 fully saturated rings. The number of fused-ring (bicyclic) bond motifs is 1. The first-order chi connectivity index (χ1) is 11.0. The maximum atomic E-state index is 12.9. The molecule has 1 aliphatic heterocycles. The lowest BCUT2D eigenvalue weighted by Crippen LogP contribution is -2.36. The molecule has 118 valence electrons. The number of benzene rings is 1. The van der Waals surface area contributed by atoms with Crippen LogP contribution in [0.5, 0.6) is 11.5 Å². The van der Waals surface area contributed by atoms with Crippen molar-refractivity contribution < 1.29 is 18.6 Å². The van der Waals surface area contributed by atoms with Crippen LogP contribution in [-0.4, -0.2) is 10.8 Å². The second-order valence-electron chi connectivity index (χ2n) is 5.58. The Kier molecular flexibility index (Phi) is 3.89. The maximum Gasteiger partial charge on any atom is 0.205 e. The number of ether oxygens (including phenoxy) is 3.